The van der Waals surface area contributed by atoms with Crippen LogP contribution < -0.4 is 10.2 Å². The highest BCUT2D eigenvalue weighted by Gasteiger charge is 2.43. The van der Waals surface area contributed by atoms with Crippen molar-refractivity contribution in [1.82, 2.24) is 15.1 Å². The second-order valence-electron chi connectivity index (χ2n) is 7.16. The summed E-state index contributed by atoms with van der Waals surface area (Å²) in [6.07, 6.45) is 0. The van der Waals surface area contributed by atoms with Crippen molar-refractivity contribution < 1.29 is 9.59 Å². The number of benzene rings is 1. The molecule has 6 heteroatoms. The smallest absolute Gasteiger partial charge is 0.253 e. The average Bonchev–Trinajstić information content (AvgIpc) is 3.18. The largest absolute Gasteiger partial charge is 0.369 e. The van der Waals surface area contributed by atoms with E-state index in [-0.39, 0.29) is 23.7 Å². The number of hydrogen-bond acceptors (Lipinski definition) is 4. The molecule has 3 aliphatic heterocycles. The number of rotatable bonds is 2. The van der Waals surface area contributed by atoms with Crippen molar-refractivity contribution in [2.24, 2.45) is 11.8 Å². The van der Waals surface area contributed by atoms with Gasteiger partial charge in [-0.15, -0.1) is 0 Å². The molecule has 0 saturated carbocycles. The molecule has 0 bridgehead atoms. The van der Waals surface area contributed by atoms with Gasteiger partial charge in [-0.25, -0.2) is 0 Å². The number of piperazine rings is 1. The molecule has 1 aromatic carbocycles. The average molecular weight is 328 g/mol. The van der Waals surface area contributed by atoms with Gasteiger partial charge in [-0.05, 0) is 31.3 Å². The number of likely N-dealkylation sites (N-methyl/N-ethyl adjacent to an activating group) is 1. The molecular weight excluding hydrogens is 304 g/mol. The molecule has 24 heavy (non-hydrogen) atoms. The van der Waals surface area contributed by atoms with Crippen LogP contribution in [0, 0.1) is 11.8 Å². The molecule has 6 nitrogen and oxygen atoms in total. The van der Waals surface area contributed by atoms with Crippen LogP contribution in [-0.2, 0) is 4.79 Å². The molecular formula is C18H24N4O2. The molecule has 3 heterocycles. The summed E-state index contributed by atoms with van der Waals surface area (Å²) in [5.74, 6) is 0.410. The van der Waals surface area contributed by atoms with Crippen molar-refractivity contribution in [2.45, 2.75) is 0 Å². The number of nitrogens with one attached hydrogen (secondary N) is 1. The first-order valence-electron chi connectivity index (χ1n) is 8.72. The molecule has 0 unspecified atom stereocenters. The van der Waals surface area contributed by atoms with Crippen LogP contribution in [0.25, 0.3) is 0 Å². The normalized spacial score (nSPS) is 27.3. The molecule has 4 rings (SSSR count). The van der Waals surface area contributed by atoms with Gasteiger partial charge in [-0.3, -0.25) is 9.59 Å². The van der Waals surface area contributed by atoms with E-state index < -0.39 is 0 Å². The predicted octanol–water partition coefficient (Wildman–Crippen LogP) is 0.256. The Labute approximate surface area is 142 Å². The van der Waals surface area contributed by atoms with E-state index in [1.54, 1.807) is 0 Å². The maximum Gasteiger partial charge on any atom is 0.253 e. The van der Waals surface area contributed by atoms with Crippen molar-refractivity contribution >= 4 is 17.5 Å². The van der Waals surface area contributed by atoms with Crippen LogP contribution in [0.4, 0.5) is 5.69 Å². The van der Waals surface area contributed by atoms with Gasteiger partial charge in [-0.1, -0.05) is 0 Å². The molecule has 128 valence electrons. The lowest BCUT2D eigenvalue weighted by Gasteiger charge is -2.34. The SMILES string of the molecule is CN1CCN(c2ccc(C(=O)N3C[C@@H]4CNC(=O)[C@@H]4C3)cc2)CC1. The molecule has 2 atom stereocenters. The van der Waals surface area contributed by atoms with Crippen LogP contribution in [0.3, 0.4) is 0 Å². The Morgan fingerprint density at radius 2 is 1.79 bits per heavy atom. The van der Waals surface area contributed by atoms with E-state index in [1.807, 2.05) is 29.2 Å². The summed E-state index contributed by atoms with van der Waals surface area (Å²) >= 11 is 0. The van der Waals surface area contributed by atoms with E-state index in [0.29, 0.717) is 25.2 Å². The van der Waals surface area contributed by atoms with Gasteiger partial charge in [0.1, 0.15) is 0 Å². The Hall–Kier alpha value is -2.08. The number of hydrogen-bond donors (Lipinski definition) is 1. The lowest BCUT2D eigenvalue weighted by atomic mass is 10.0. The number of fused-ring (bicyclic) bond motifs is 1. The van der Waals surface area contributed by atoms with Crippen LogP contribution in [0.5, 0.6) is 0 Å². The number of carbonyl (C=O) groups excluding carboxylic acids is 2. The van der Waals surface area contributed by atoms with E-state index in [2.05, 4.69) is 22.2 Å². The topological polar surface area (TPSA) is 55.9 Å². The number of amides is 2. The van der Waals surface area contributed by atoms with E-state index in [9.17, 15) is 9.59 Å². The van der Waals surface area contributed by atoms with Gasteiger partial charge in [0, 0.05) is 63.0 Å². The first-order valence-corrected chi connectivity index (χ1v) is 8.72. The predicted molar refractivity (Wildman–Crippen MR) is 92.0 cm³/mol. The minimum Gasteiger partial charge on any atom is -0.369 e. The van der Waals surface area contributed by atoms with E-state index in [4.69, 9.17) is 0 Å². The third kappa shape index (κ3) is 2.75. The zero-order valence-corrected chi connectivity index (χ0v) is 14.1. The summed E-state index contributed by atoms with van der Waals surface area (Å²) in [5, 5.41) is 2.88. The molecule has 1 aromatic rings. The number of likely N-dealkylation sites (tertiary alicyclic amines) is 1. The second kappa shape index (κ2) is 6.09. The first-order chi connectivity index (χ1) is 11.6. The zero-order valence-electron chi connectivity index (χ0n) is 14.1. The van der Waals surface area contributed by atoms with Crippen molar-refractivity contribution in [3.05, 3.63) is 29.8 Å². The zero-order chi connectivity index (χ0) is 16.7. The summed E-state index contributed by atoms with van der Waals surface area (Å²) in [4.78, 5) is 31.0. The lowest BCUT2D eigenvalue weighted by Crippen LogP contribution is -2.44. The molecule has 3 fully saturated rings. The van der Waals surface area contributed by atoms with Crippen LogP contribution in [0.1, 0.15) is 10.4 Å². The summed E-state index contributed by atoms with van der Waals surface area (Å²) < 4.78 is 0. The lowest BCUT2D eigenvalue weighted by molar-refractivity contribution is -0.122. The first kappa shape index (κ1) is 15.4. The Bertz CT molecular complexity index is 637. The second-order valence-corrected chi connectivity index (χ2v) is 7.16. The number of carbonyl (C=O) groups is 2. The summed E-state index contributed by atoms with van der Waals surface area (Å²) in [6.45, 7) is 6.12. The Kier molecular flexibility index (Phi) is 3.92. The number of nitrogens with zero attached hydrogens (tertiary/aromatic N) is 3. The van der Waals surface area contributed by atoms with Crippen LogP contribution >= 0.6 is 0 Å². The van der Waals surface area contributed by atoms with Crippen molar-refractivity contribution in [2.75, 3.05) is 57.8 Å². The number of anilines is 1. The highest BCUT2D eigenvalue weighted by atomic mass is 16.2. The minimum absolute atomic E-state index is 0.0152. The van der Waals surface area contributed by atoms with Crippen LogP contribution in [0.15, 0.2) is 24.3 Å². The van der Waals surface area contributed by atoms with Gasteiger partial charge in [0.2, 0.25) is 5.91 Å². The van der Waals surface area contributed by atoms with Gasteiger partial charge in [0.05, 0.1) is 5.92 Å². The van der Waals surface area contributed by atoms with Gasteiger partial charge in [-0.2, -0.15) is 0 Å². The van der Waals surface area contributed by atoms with Crippen LogP contribution in [-0.4, -0.2) is 74.5 Å². The van der Waals surface area contributed by atoms with Crippen molar-refractivity contribution in [3.8, 4) is 0 Å². The third-order valence-corrected chi connectivity index (χ3v) is 5.59. The fourth-order valence-electron chi connectivity index (χ4n) is 3.97. The van der Waals surface area contributed by atoms with E-state index in [1.165, 1.54) is 5.69 Å². The Morgan fingerprint density at radius 1 is 1.08 bits per heavy atom. The maximum absolute atomic E-state index is 12.7. The standard InChI is InChI=1S/C18H24N4O2/c1-20-6-8-21(9-7-20)15-4-2-13(3-5-15)18(24)22-11-14-10-19-17(23)16(14)12-22/h2-5,14,16H,6-12H2,1H3,(H,19,23)/t14-,16+/m0/s1. The maximum atomic E-state index is 12.7. The molecule has 2 amide bonds. The summed E-state index contributed by atoms with van der Waals surface area (Å²) in [6, 6.07) is 7.93. The molecule has 3 aliphatic rings. The minimum atomic E-state index is -0.0152. The van der Waals surface area contributed by atoms with Crippen molar-refractivity contribution in [3.63, 3.8) is 0 Å². The molecule has 0 radical (unpaired) electrons. The van der Waals surface area contributed by atoms with Gasteiger partial charge < -0.3 is 20.0 Å². The van der Waals surface area contributed by atoms with Crippen molar-refractivity contribution in [1.29, 1.82) is 0 Å². The highest BCUT2D eigenvalue weighted by molar-refractivity contribution is 5.95. The molecule has 0 spiro atoms. The highest BCUT2D eigenvalue weighted by Crippen LogP contribution is 2.28. The van der Waals surface area contributed by atoms with Gasteiger partial charge in [0.25, 0.3) is 5.91 Å². The molecule has 0 aromatic heterocycles. The summed E-state index contributed by atoms with van der Waals surface area (Å²) in [5.41, 5.74) is 1.89. The molecule has 1 N–H and O–H groups in total. The quantitative estimate of drug-likeness (QED) is 0.846. The van der Waals surface area contributed by atoms with E-state index in [0.717, 1.165) is 26.2 Å². The fraction of sp³-hybridized carbons (Fsp3) is 0.556. The fourth-order valence-corrected chi connectivity index (χ4v) is 3.97. The monoisotopic (exact) mass is 328 g/mol. The molecule has 3 saturated heterocycles. The molecule has 0 aliphatic carbocycles. The Balaban J connectivity index is 1.41. The van der Waals surface area contributed by atoms with Gasteiger partial charge in [0.15, 0.2) is 0 Å². The Morgan fingerprint density at radius 3 is 2.46 bits per heavy atom. The van der Waals surface area contributed by atoms with Crippen LogP contribution in [0.2, 0.25) is 0 Å². The third-order valence-electron chi connectivity index (χ3n) is 5.59. The van der Waals surface area contributed by atoms with E-state index >= 15 is 0 Å². The van der Waals surface area contributed by atoms with Gasteiger partial charge >= 0.3 is 0 Å². The summed E-state index contributed by atoms with van der Waals surface area (Å²) in [7, 11) is 2.14.